The lowest BCUT2D eigenvalue weighted by Crippen LogP contribution is -2.38. The van der Waals surface area contributed by atoms with Gasteiger partial charge in [-0.2, -0.15) is 0 Å². The fourth-order valence-electron chi connectivity index (χ4n) is 9.13. The number of carbonyl (C=O) groups is 1. The monoisotopic (exact) mass is 728 g/mol. The predicted molar refractivity (Wildman–Crippen MR) is 236 cm³/mol. The van der Waals surface area contributed by atoms with Crippen LogP contribution in [0, 0.1) is 0 Å². The molecule has 0 radical (unpaired) electrons. The van der Waals surface area contributed by atoms with E-state index in [4.69, 9.17) is 0 Å². The van der Waals surface area contributed by atoms with Gasteiger partial charge in [-0.15, -0.1) is 0 Å². The quantitative estimate of drug-likeness (QED) is 0.185. The van der Waals surface area contributed by atoms with Crippen molar-refractivity contribution in [3.05, 3.63) is 217 Å². The summed E-state index contributed by atoms with van der Waals surface area (Å²) in [5, 5.41) is 5.99. The maximum atomic E-state index is 15.2. The first-order valence-electron chi connectivity index (χ1n) is 19.5. The fraction of sp³-hybridized carbons (Fsp3) is 0.0185. The zero-order chi connectivity index (χ0) is 37.9. The van der Waals surface area contributed by atoms with E-state index in [1.165, 1.54) is 5.56 Å². The van der Waals surface area contributed by atoms with Crippen molar-refractivity contribution in [2.45, 2.75) is 6.17 Å². The summed E-state index contributed by atoms with van der Waals surface area (Å²) in [5.41, 5.74) is 17.1. The topological polar surface area (TPSA) is 32.3 Å². The number of hydrogen-bond donors (Lipinski definition) is 1. The third kappa shape index (κ3) is 5.32. The van der Waals surface area contributed by atoms with E-state index in [1.807, 2.05) is 17.0 Å². The van der Waals surface area contributed by atoms with Crippen LogP contribution in [0.3, 0.4) is 0 Å². The van der Waals surface area contributed by atoms with Crippen molar-refractivity contribution in [2.24, 2.45) is 0 Å². The van der Waals surface area contributed by atoms with Crippen molar-refractivity contribution in [3.63, 3.8) is 0 Å². The van der Waals surface area contributed by atoms with Gasteiger partial charge in [0.1, 0.15) is 6.17 Å². The van der Waals surface area contributed by atoms with Crippen LogP contribution in [0.2, 0.25) is 0 Å². The van der Waals surface area contributed by atoms with Gasteiger partial charge in [-0.25, -0.2) is 0 Å². The third-order valence-electron chi connectivity index (χ3n) is 11.6. The number of nitrogens with one attached hydrogen (secondary N) is 1. The van der Waals surface area contributed by atoms with E-state index in [9.17, 15) is 0 Å². The number of hydrogen-bond acceptors (Lipinski definition) is 2. The fourth-order valence-corrected chi connectivity index (χ4v) is 9.13. The Balaban J connectivity index is 1.13. The predicted octanol–water partition coefficient (Wildman–Crippen LogP) is 13.9. The summed E-state index contributed by atoms with van der Waals surface area (Å²) in [6.07, 6.45) is -0.384. The second-order valence-corrected chi connectivity index (χ2v) is 14.8. The van der Waals surface area contributed by atoms with E-state index in [0.29, 0.717) is 5.56 Å². The molecule has 1 amide bonds. The van der Waals surface area contributed by atoms with Gasteiger partial charge >= 0.3 is 0 Å². The van der Waals surface area contributed by atoms with Gasteiger partial charge in [0.05, 0.1) is 11.4 Å². The van der Waals surface area contributed by atoms with E-state index < -0.39 is 0 Å². The second-order valence-electron chi connectivity index (χ2n) is 14.8. The Hall–Kier alpha value is -7.49. The Kier molecular flexibility index (Phi) is 7.71. The van der Waals surface area contributed by atoms with Crippen LogP contribution in [-0.2, 0) is 0 Å². The molecule has 2 aliphatic heterocycles. The zero-order valence-corrected chi connectivity index (χ0v) is 31.1. The first kappa shape index (κ1) is 32.9. The standard InChI is InChI=1S/C54H36N2O/c57-54-48-30-16-29-46-45(43-27-14-12-24-40(43)36-19-6-2-7-20-36)31-32-47(51(46)48)53-55-50-34-38(42-26-11-10-23-39(42)35-17-4-1-5-18-35)33-49(52(50)56(53)54)44-28-15-13-25-41(44)37-21-8-3-9-22-37/h1-34,53,55H. The van der Waals surface area contributed by atoms with Crippen LogP contribution in [0.1, 0.15) is 22.1 Å². The average molecular weight is 729 g/mol. The number of fused-ring (bicyclic) bond motifs is 4. The van der Waals surface area contributed by atoms with Crippen molar-refractivity contribution in [2.75, 3.05) is 10.2 Å². The smallest absolute Gasteiger partial charge is 0.260 e. The molecule has 3 heteroatoms. The molecule has 1 unspecified atom stereocenters. The Bertz CT molecular complexity index is 3010. The molecule has 2 aliphatic rings. The molecule has 2 heterocycles. The second kappa shape index (κ2) is 13.4. The van der Waals surface area contributed by atoms with Crippen molar-refractivity contribution < 1.29 is 4.79 Å². The van der Waals surface area contributed by atoms with Crippen LogP contribution in [0.25, 0.3) is 77.5 Å². The lowest BCUT2D eigenvalue weighted by atomic mass is 9.85. The number of rotatable bonds is 6. The summed E-state index contributed by atoms with van der Waals surface area (Å²) in [6.45, 7) is 0. The molecule has 3 nitrogen and oxygen atoms in total. The number of benzene rings is 9. The molecule has 9 aromatic carbocycles. The minimum absolute atomic E-state index is 0.00581. The van der Waals surface area contributed by atoms with E-state index in [0.717, 1.165) is 88.9 Å². The van der Waals surface area contributed by atoms with Crippen LogP contribution in [-0.4, -0.2) is 5.91 Å². The lowest BCUT2D eigenvalue weighted by Gasteiger charge is -2.33. The number of nitrogens with zero attached hydrogens (tertiary/aromatic N) is 1. The Morgan fingerprint density at radius 1 is 0.368 bits per heavy atom. The van der Waals surface area contributed by atoms with Crippen molar-refractivity contribution in [1.29, 1.82) is 0 Å². The molecule has 0 saturated carbocycles. The summed E-state index contributed by atoms with van der Waals surface area (Å²) in [5.74, 6) is -0.00581. The molecule has 0 saturated heterocycles. The highest BCUT2D eigenvalue weighted by molar-refractivity contribution is 6.23. The van der Waals surface area contributed by atoms with Gasteiger partial charge in [-0.3, -0.25) is 9.69 Å². The molecule has 268 valence electrons. The molecule has 9 aromatic rings. The maximum Gasteiger partial charge on any atom is 0.260 e. The summed E-state index contributed by atoms with van der Waals surface area (Å²) >= 11 is 0. The largest absolute Gasteiger partial charge is 0.359 e. The highest BCUT2D eigenvalue weighted by Gasteiger charge is 2.43. The van der Waals surface area contributed by atoms with E-state index in [2.05, 4.69) is 199 Å². The van der Waals surface area contributed by atoms with Crippen LogP contribution in [0.5, 0.6) is 0 Å². The van der Waals surface area contributed by atoms with Crippen molar-refractivity contribution in [3.8, 4) is 66.8 Å². The van der Waals surface area contributed by atoms with Gasteiger partial charge in [0.2, 0.25) is 0 Å². The zero-order valence-electron chi connectivity index (χ0n) is 31.1. The van der Waals surface area contributed by atoms with Crippen LogP contribution < -0.4 is 10.2 Å². The SMILES string of the molecule is O=C1c2cccc3c(-c4ccccc4-c4ccccc4)ccc(c23)C2Nc3cc(-c4ccccc4-c4ccccc4)cc(-c4ccccc4-c4ccccc4)c3N12. The highest BCUT2D eigenvalue weighted by Crippen LogP contribution is 2.55. The Morgan fingerprint density at radius 3 is 1.39 bits per heavy atom. The number of carbonyl (C=O) groups excluding carboxylic acids is 1. The number of amides is 1. The van der Waals surface area contributed by atoms with Gasteiger partial charge in [0.25, 0.3) is 5.91 Å². The van der Waals surface area contributed by atoms with Gasteiger partial charge < -0.3 is 5.32 Å². The minimum atomic E-state index is -0.384. The minimum Gasteiger partial charge on any atom is -0.359 e. The maximum absolute atomic E-state index is 15.2. The summed E-state index contributed by atoms with van der Waals surface area (Å²) < 4.78 is 0. The van der Waals surface area contributed by atoms with Gasteiger partial charge in [0, 0.05) is 22.1 Å². The van der Waals surface area contributed by atoms with Crippen molar-refractivity contribution in [1.82, 2.24) is 0 Å². The first-order chi connectivity index (χ1) is 28.2. The molecule has 0 spiro atoms. The first-order valence-corrected chi connectivity index (χ1v) is 19.5. The molecule has 1 N–H and O–H groups in total. The molecular weight excluding hydrogens is 693 g/mol. The molecule has 11 rings (SSSR count). The highest BCUT2D eigenvalue weighted by atomic mass is 16.2. The van der Waals surface area contributed by atoms with E-state index in [-0.39, 0.29) is 12.1 Å². The molecule has 0 aromatic heterocycles. The average Bonchev–Trinajstić information content (AvgIpc) is 3.69. The molecule has 1 atom stereocenters. The molecule has 0 aliphatic carbocycles. The summed E-state index contributed by atoms with van der Waals surface area (Å²) in [7, 11) is 0. The van der Waals surface area contributed by atoms with Gasteiger partial charge in [-0.1, -0.05) is 188 Å². The molecule has 57 heavy (non-hydrogen) atoms. The van der Waals surface area contributed by atoms with Crippen LogP contribution in [0.15, 0.2) is 206 Å². The van der Waals surface area contributed by atoms with Gasteiger partial charge in [-0.05, 0) is 84.8 Å². The Labute approximate surface area is 332 Å². The molecular formula is C54H36N2O. The molecule has 0 bridgehead atoms. The van der Waals surface area contributed by atoms with Crippen molar-refractivity contribution >= 4 is 28.1 Å². The van der Waals surface area contributed by atoms with E-state index in [1.54, 1.807) is 0 Å². The van der Waals surface area contributed by atoms with E-state index >= 15 is 4.79 Å². The normalized spacial score (nSPS) is 13.9. The van der Waals surface area contributed by atoms with Gasteiger partial charge in [0.15, 0.2) is 0 Å². The summed E-state index contributed by atoms with van der Waals surface area (Å²) in [6, 6.07) is 72.6. The van der Waals surface area contributed by atoms with Crippen LogP contribution >= 0.6 is 0 Å². The lowest BCUT2D eigenvalue weighted by molar-refractivity contribution is 0.0980. The third-order valence-corrected chi connectivity index (χ3v) is 11.6. The Morgan fingerprint density at radius 2 is 0.825 bits per heavy atom. The number of anilines is 2. The molecule has 0 fully saturated rings. The van der Waals surface area contributed by atoms with Crippen LogP contribution in [0.4, 0.5) is 11.4 Å². The summed E-state index contributed by atoms with van der Waals surface area (Å²) in [4.78, 5) is 17.2.